The predicted molar refractivity (Wildman–Crippen MR) is 76.8 cm³/mol. The molecule has 3 rings (SSSR count). The first-order valence-electron chi connectivity index (χ1n) is 5.85. The summed E-state index contributed by atoms with van der Waals surface area (Å²) >= 11 is 1.57. The van der Waals surface area contributed by atoms with Gasteiger partial charge in [0, 0.05) is 19.3 Å². The van der Waals surface area contributed by atoms with Crippen molar-refractivity contribution in [2.45, 2.75) is 6.54 Å². The van der Waals surface area contributed by atoms with Gasteiger partial charge in [0.1, 0.15) is 10.6 Å². The van der Waals surface area contributed by atoms with Crippen molar-refractivity contribution in [1.82, 2.24) is 14.5 Å². The number of aromatic nitrogens is 3. The van der Waals surface area contributed by atoms with E-state index in [2.05, 4.69) is 15.3 Å². The first-order chi connectivity index (χ1) is 9.28. The molecule has 3 aromatic heterocycles. The highest BCUT2D eigenvalue weighted by Crippen LogP contribution is 2.24. The van der Waals surface area contributed by atoms with Crippen molar-refractivity contribution in [3.8, 4) is 0 Å². The van der Waals surface area contributed by atoms with Gasteiger partial charge < -0.3 is 9.88 Å². The summed E-state index contributed by atoms with van der Waals surface area (Å²) in [4.78, 5) is 21.6. The zero-order valence-corrected chi connectivity index (χ0v) is 11.1. The molecule has 0 spiro atoms. The number of anilines is 1. The van der Waals surface area contributed by atoms with Crippen molar-refractivity contribution in [2.75, 3.05) is 12.4 Å². The summed E-state index contributed by atoms with van der Waals surface area (Å²) < 4.78 is 1.59. The Morgan fingerprint density at radius 2 is 2.21 bits per heavy atom. The molecule has 0 aliphatic heterocycles. The highest BCUT2D eigenvalue weighted by Gasteiger charge is 2.08. The van der Waals surface area contributed by atoms with E-state index in [1.165, 1.54) is 6.07 Å². The van der Waals surface area contributed by atoms with Crippen LogP contribution in [0.25, 0.3) is 10.2 Å². The lowest BCUT2D eigenvalue weighted by molar-refractivity contribution is 0.720. The molecule has 6 heteroatoms. The van der Waals surface area contributed by atoms with E-state index >= 15 is 0 Å². The zero-order valence-electron chi connectivity index (χ0n) is 10.3. The first kappa shape index (κ1) is 11.9. The summed E-state index contributed by atoms with van der Waals surface area (Å²) in [5.74, 6) is 1.43. The number of pyridine rings is 1. The third kappa shape index (κ3) is 2.22. The van der Waals surface area contributed by atoms with Crippen LogP contribution in [0.4, 0.5) is 5.82 Å². The van der Waals surface area contributed by atoms with E-state index in [1.54, 1.807) is 28.2 Å². The summed E-state index contributed by atoms with van der Waals surface area (Å²) in [6.07, 6.45) is 1.74. The summed E-state index contributed by atoms with van der Waals surface area (Å²) in [6, 6.07) is 7.07. The molecule has 19 heavy (non-hydrogen) atoms. The molecule has 0 saturated carbocycles. The second-order valence-corrected chi connectivity index (χ2v) is 4.94. The molecule has 3 heterocycles. The van der Waals surface area contributed by atoms with Crippen LogP contribution in [0.1, 0.15) is 5.82 Å². The van der Waals surface area contributed by atoms with Crippen LogP contribution < -0.4 is 10.9 Å². The molecule has 96 valence electrons. The maximum Gasteiger partial charge on any atom is 0.250 e. The third-order valence-corrected chi connectivity index (χ3v) is 3.63. The molecule has 0 aliphatic rings. The van der Waals surface area contributed by atoms with Crippen LogP contribution in [0.5, 0.6) is 0 Å². The zero-order chi connectivity index (χ0) is 13.2. The van der Waals surface area contributed by atoms with Crippen LogP contribution in [-0.4, -0.2) is 21.6 Å². The van der Waals surface area contributed by atoms with Crippen LogP contribution in [0, 0.1) is 0 Å². The highest BCUT2D eigenvalue weighted by molar-refractivity contribution is 7.16. The Balaban J connectivity index is 2.06. The molecule has 0 radical (unpaired) electrons. The highest BCUT2D eigenvalue weighted by atomic mass is 32.1. The molecule has 1 N–H and O–H groups in total. The Morgan fingerprint density at radius 3 is 3.00 bits per heavy atom. The fourth-order valence-corrected chi connectivity index (χ4v) is 2.69. The average Bonchev–Trinajstić information content (AvgIpc) is 2.89. The summed E-state index contributed by atoms with van der Waals surface area (Å²) in [5, 5.41) is 6.06. The van der Waals surface area contributed by atoms with E-state index in [0.29, 0.717) is 12.4 Å². The number of nitrogens with zero attached hydrogens (tertiary/aromatic N) is 3. The van der Waals surface area contributed by atoms with Gasteiger partial charge in [-0.3, -0.25) is 4.79 Å². The number of nitrogens with one attached hydrogen (secondary N) is 1. The number of hydrogen-bond donors (Lipinski definition) is 1. The number of rotatable bonds is 3. The van der Waals surface area contributed by atoms with Gasteiger partial charge in [0.05, 0.1) is 11.9 Å². The Labute approximate surface area is 113 Å². The minimum absolute atomic E-state index is 0.0524. The monoisotopic (exact) mass is 272 g/mol. The Hall–Kier alpha value is -2.21. The van der Waals surface area contributed by atoms with Crippen LogP contribution in [0.3, 0.4) is 0 Å². The van der Waals surface area contributed by atoms with Crippen molar-refractivity contribution < 1.29 is 0 Å². The lowest BCUT2D eigenvalue weighted by atomic mass is 10.3. The molecular formula is C13H12N4OS. The molecule has 0 bridgehead atoms. The van der Waals surface area contributed by atoms with E-state index in [0.717, 1.165) is 16.0 Å². The van der Waals surface area contributed by atoms with Crippen molar-refractivity contribution in [2.24, 2.45) is 0 Å². The molecule has 0 aromatic carbocycles. The number of hydrogen-bond acceptors (Lipinski definition) is 5. The van der Waals surface area contributed by atoms with Crippen LogP contribution in [-0.2, 0) is 6.54 Å². The summed E-state index contributed by atoms with van der Waals surface area (Å²) in [5.41, 5.74) is -0.0524. The quantitative estimate of drug-likeness (QED) is 0.791. The molecule has 0 aliphatic carbocycles. The van der Waals surface area contributed by atoms with Gasteiger partial charge in [0.2, 0.25) is 0 Å². The Kier molecular flexibility index (Phi) is 3.00. The molecule has 0 fully saturated rings. The van der Waals surface area contributed by atoms with Crippen molar-refractivity contribution in [3.63, 3.8) is 0 Å². The Bertz CT molecular complexity index is 777. The number of fused-ring (bicyclic) bond motifs is 1. The van der Waals surface area contributed by atoms with Gasteiger partial charge in [-0.15, -0.1) is 11.3 Å². The topological polar surface area (TPSA) is 59.8 Å². The molecule has 5 nitrogen and oxygen atoms in total. The standard InChI is InChI=1S/C13H12N4OS/c1-14-12-9-5-7-19-13(9)16-10(15-12)8-17-6-3-2-4-11(17)18/h2-7H,8H2,1H3,(H,14,15,16). The Morgan fingerprint density at radius 1 is 1.32 bits per heavy atom. The van der Waals surface area contributed by atoms with E-state index < -0.39 is 0 Å². The van der Waals surface area contributed by atoms with E-state index in [1.807, 2.05) is 24.6 Å². The smallest absolute Gasteiger partial charge is 0.250 e. The maximum absolute atomic E-state index is 11.7. The van der Waals surface area contributed by atoms with Gasteiger partial charge in [0.25, 0.3) is 5.56 Å². The fraction of sp³-hybridized carbons (Fsp3) is 0.154. The van der Waals surface area contributed by atoms with Crippen molar-refractivity contribution in [1.29, 1.82) is 0 Å². The van der Waals surface area contributed by atoms with E-state index in [4.69, 9.17) is 0 Å². The maximum atomic E-state index is 11.7. The molecule has 0 unspecified atom stereocenters. The fourth-order valence-electron chi connectivity index (χ4n) is 1.90. The molecule has 3 aromatic rings. The minimum atomic E-state index is -0.0524. The van der Waals surface area contributed by atoms with E-state index in [9.17, 15) is 4.79 Å². The summed E-state index contributed by atoms with van der Waals surface area (Å²) in [6.45, 7) is 0.377. The predicted octanol–water partition coefficient (Wildman–Crippen LogP) is 1.94. The van der Waals surface area contributed by atoms with Gasteiger partial charge in [-0.25, -0.2) is 9.97 Å². The molecule has 0 saturated heterocycles. The SMILES string of the molecule is CNc1nc(Cn2ccccc2=O)nc2sccc12. The molecule has 0 amide bonds. The van der Waals surface area contributed by atoms with Crippen LogP contribution >= 0.6 is 11.3 Å². The van der Waals surface area contributed by atoms with Crippen molar-refractivity contribution in [3.05, 3.63) is 52.0 Å². The molecule has 0 atom stereocenters. The largest absolute Gasteiger partial charge is 0.372 e. The van der Waals surface area contributed by atoms with Gasteiger partial charge in [-0.05, 0) is 17.5 Å². The minimum Gasteiger partial charge on any atom is -0.372 e. The second-order valence-electron chi connectivity index (χ2n) is 4.04. The lowest BCUT2D eigenvalue weighted by Crippen LogP contribution is -2.19. The van der Waals surface area contributed by atoms with E-state index in [-0.39, 0.29) is 5.56 Å². The molecular weight excluding hydrogens is 260 g/mol. The lowest BCUT2D eigenvalue weighted by Gasteiger charge is -2.07. The van der Waals surface area contributed by atoms with Crippen molar-refractivity contribution >= 4 is 27.4 Å². The number of thiophene rings is 1. The van der Waals surface area contributed by atoms with Gasteiger partial charge in [-0.2, -0.15) is 0 Å². The second kappa shape index (κ2) is 4.81. The normalized spacial score (nSPS) is 10.8. The first-order valence-corrected chi connectivity index (χ1v) is 6.73. The van der Waals surface area contributed by atoms with Gasteiger partial charge in [0.15, 0.2) is 5.82 Å². The van der Waals surface area contributed by atoms with Crippen LogP contribution in [0.15, 0.2) is 40.6 Å². The summed E-state index contributed by atoms with van der Waals surface area (Å²) in [7, 11) is 1.83. The van der Waals surface area contributed by atoms with Crippen LogP contribution in [0.2, 0.25) is 0 Å². The average molecular weight is 272 g/mol. The van der Waals surface area contributed by atoms with Gasteiger partial charge >= 0.3 is 0 Å². The van der Waals surface area contributed by atoms with Gasteiger partial charge in [-0.1, -0.05) is 6.07 Å². The third-order valence-electron chi connectivity index (χ3n) is 2.82.